The van der Waals surface area contributed by atoms with E-state index in [2.05, 4.69) is 14.9 Å². The largest absolute Gasteiger partial charge is 0.353 e. The van der Waals surface area contributed by atoms with Crippen molar-refractivity contribution in [2.24, 2.45) is 0 Å². The first kappa shape index (κ1) is 20.9. The molecule has 166 valence electrons. The van der Waals surface area contributed by atoms with Crippen LogP contribution in [0.25, 0.3) is 10.9 Å². The molecule has 1 aliphatic heterocycles. The van der Waals surface area contributed by atoms with Crippen LogP contribution in [0.15, 0.2) is 77.9 Å². The maximum atomic E-state index is 13.3. The molecule has 0 aliphatic carbocycles. The zero-order chi connectivity index (χ0) is 22.8. The Morgan fingerprint density at radius 3 is 2.45 bits per heavy atom. The molecule has 7 heteroatoms. The fraction of sp³-hybridized carbons (Fsp3) is 0.231. The Morgan fingerprint density at radius 2 is 1.73 bits per heavy atom. The third-order valence-electron chi connectivity index (χ3n) is 6.11. The van der Waals surface area contributed by atoms with Gasteiger partial charge in [0.25, 0.3) is 11.5 Å². The molecule has 4 aromatic rings. The topological polar surface area (TPSA) is 71.3 Å². The number of hydrogen-bond acceptors (Lipinski definition) is 5. The molecule has 0 unspecified atom stereocenters. The van der Waals surface area contributed by atoms with Gasteiger partial charge in [0.05, 0.1) is 28.7 Å². The number of nitrogens with zero attached hydrogens (tertiary/aromatic N) is 5. The number of amides is 1. The fourth-order valence-electron chi connectivity index (χ4n) is 4.28. The minimum Gasteiger partial charge on any atom is -0.353 e. The van der Waals surface area contributed by atoms with E-state index in [4.69, 9.17) is 0 Å². The number of pyridine rings is 3. The number of carbonyl (C=O) groups excluding carboxylic acids is 1. The molecule has 5 rings (SSSR count). The summed E-state index contributed by atoms with van der Waals surface area (Å²) in [5.74, 6) is 0.840. The lowest BCUT2D eigenvalue weighted by Gasteiger charge is -2.35. The lowest BCUT2D eigenvalue weighted by atomic mass is 10.1. The van der Waals surface area contributed by atoms with Gasteiger partial charge in [-0.2, -0.15) is 0 Å². The number of hydrogen-bond donors (Lipinski definition) is 0. The SMILES string of the molecule is Cc1nc2ccn(Cc3ccccc3)c(=O)c2cc1C(=O)N1CCN(c2ccccn2)CC1. The van der Waals surface area contributed by atoms with Crippen LogP contribution in [0.5, 0.6) is 0 Å². The maximum absolute atomic E-state index is 13.3. The normalized spacial score (nSPS) is 14.0. The quantitative estimate of drug-likeness (QED) is 0.489. The fourth-order valence-corrected chi connectivity index (χ4v) is 4.28. The minimum absolute atomic E-state index is 0.0829. The number of piperazine rings is 1. The lowest BCUT2D eigenvalue weighted by molar-refractivity contribution is 0.0745. The predicted octanol–water partition coefficient (Wildman–Crippen LogP) is 3.11. The second kappa shape index (κ2) is 8.86. The third-order valence-corrected chi connectivity index (χ3v) is 6.11. The highest BCUT2D eigenvalue weighted by atomic mass is 16.2. The Morgan fingerprint density at radius 1 is 0.970 bits per heavy atom. The standard InChI is InChI=1S/C26H25N5O2/c1-19-21(25(32)30-15-13-29(14-16-30)24-9-5-6-11-27-24)17-22-23(28-19)10-12-31(26(22)33)18-20-7-3-2-4-8-20/h2-12,17H,13-16,18H2,1H3. The van der Waals surface area contributed by atoms with E-state index < -0.39 is 0 Å². The van der Waals surface area contributed by atoms with Crippen molar-refractivity contribution in [3.63, 3.8) is 0 Å². The zero-order valence-corrected chi connectivity index (χ0v) is 18.5. The molecule has 1 aromatic carbocycles. The Bertz CT molecular complexity index is 1340. The Balaban J connectivity index is 1.39. The summed E-state index contributed by atoms with van der Waals surface area (Å²) >= 11 is 0. The maximum Gasteiger partial charge on any atom is 0.260 e. The van der Waals surface area contributed by atoms with E-state index in [0.717, 1.165) is 11.4 Å². The van der Waals surface area contributed by atoms with Crippen molar-refractivity contribution >= 4 is 22.6 Å². The first-order valence-corrected chi connectivity index (χ1v) is 11.1. The van der Waals surface area contributed by atoms with Gasteiger partial charge in [-0.25, -0.2) is 4.98 Å². The van der Waals surface area contributed by atoms with Crippen LogP contribution in [-0.4, -0.2) is 51.5 Å². The molecule has 4 heterocycles. The van der Waals surface area contributed by atoms with E-state index >= 15 is 0 Å². The van der Waals surface area contributed by atoms with Gasteiger partial charge in [0.1, 0.15) is 5.82 Å². The van der Waals surface area contributed by atoms with E-state index in [1.54, 1.807) is 23.0 Å². The van der Waals surface area contributed by atoms with E-state index in [1.807, 2.05) is 66.4 Å². The van der Waals surface area contributed by atoms with Crippen molar-refractivity contribution in [2.75, 3.05) is 31.1 Å². The Kier molecular flexibility index (Phi) is 5.60. The second-order valence-corrected chi connectivity index (χ2v) is 8.26. The molecular formula is C26H25N5O2. The van der Waals surface area contributed by atoms with Gasteiger partial charge in [0.2, 0.25) is 0 Å². The smallest absolute Gasteiger partial charge is 0.260 e. The summed E-state index contributed by atoms with van der Waals surface area (Å²) < 4.78 is 1.66. The summed E-state index contributed by atoms with van der Waals surface area (Å²) in [7, 11) is 0. The number of rotatable bonds is 4. The van der Waals surface area contributed by atoms with Gasteiger partial charge < -0.3 is 14.4 Å². The summed E-state index contributed by atoms with van der Waals surface area (Å²) in [6.45, 7) is 4.92. The van der Waals surface area contributed by atoms with Crippen molar-refractivity contribution in [1.82, 2.24) is 19.4 Å². The molecule has 0 radical (unpaired) electrons. The molecular weight excluding hydrogens is 414 g/mol. The van der Waals surface area contributed by atoms with Crippen molar-refractivity contribution in [3.05, 3.63) is 100 Å². The molecule has 1 saturated heterocycles. The highest BCUT2D eigenvalue weighted by Crippen LogP contribution is 2.18. The van der Waals surface area contributed by atoms with E-state index in [9.17, 15) is 9.59 Å². The van der Waals surface area contributed by atoms with Crippen molar-refractivity contribution < 1.29 is 4.79 Å². The number of fused-ring (bicyclic) bond motifs is 1. The third kappa shape index (κ3) is 4.22. The number of aromatic nitrogens is 3. The average Bonchev–Trinajstić information content (AvgIpc) is 2.86. The Hall–Kier alpha value is -4.00. The van der Waals surface area contributed by atoms with Gasteiger partial charge in [-0.05, 0) is 36.8 Å². The average molecular weight is 440 g/mol. The van der Waals surface area contributed by atoms with Crippen LogP contribution in [-0.2, 0) is 6.54 Å². The van der Waals surface area contributed by atoms with Crippen molar-refractivity contribution in [3.8, 4) is 0 Å². The molecule has 0 N–H and O–H groups in total. The summed E-state index contributed by atoms with van der Waals surface area (Å²) in [5.41, 5.74) is 2.64. The van der Waals surface area contributed by atoms with Gasteiger partial charge in [-0.1, -0.05) is 36.4 Å². The minimum atomic E-state index is -0.141. The molecule has 0 bridgehead atoms. The summed E-state index contributed by atoms with van der Waals surface area (Å²) in [4.78, 5) is 39.5. The number of aryl methyl sites for hydroxylation is 1. The van der Waals surface area contributed by atoms with Crippen LogP contribution in [0.2, 0.25) is 0 Å². The first-order chi connectivity index (χ1) is 16.1. The molecule has 3 aromatic heterocycles. The van der Waals surface area contributed by atoms with E-state index in [0.29, 0.717) is 54.9 Å². The zero-order valence-electron chi connectivity index (χ0n) is 18.5. The number of anilines is 1. The lowest BCUT2D eigenvalue weighted by Crippen LogP contribution is -2.49. The van der Waals surface area contributed by atoms with Crippen molar-refractivity contribution in [2.45, 2.75) is 13.5 Å². The van der Waals surface area contributed by atoms with Gasteiger partial charge in [-0.15, -0.1) is 0 Å². The highest BCUT2D eigenvalue weighted by Gasteiger charge is 2.25. The molecule has 33 heavy (non-hydrogen) atoms. The monoisotopic (exact) mass is 439 g/mol. The van der Waals surface area contributed by atoms with Gasteiger partial charge in [0, 0.05) is 38.6 Å². The first-order valence-electron chi connectivity index (χ1n) is 11.1. The number of benzene rings is 1. The van der Waals surface area contributed by atoms with Crippen molar-refractivity contribution in [1.29, 1.82) is 0 Å². The molecule has 0 spiro atoms. The molecule has 0 atom stereocenters. The molecule has 1 fully saturated rings. The summed E-state index contributed by atoms with van der Waals surface area (Å²) in [5, 5.41) is 0.467. The van der Waals surface area contributed by atoms with Gasteiger partial charge in [-0.3, -0.25) is 14.6 Å². The van der Waals surface area contributed by atoms with E-state index in [1.165, 1.54) is 0 Å². The highest BCUT2D eigenvalue weighted by molar-refractivity contribution is 5.98. The predicted molar refractivity (Wildman–Crippen MR) is 129 cm³/mol. The molecule has 1 aliphatic rings. The van der Waals surface area contributed by atoms with Gasteiger partial charge in [0.15, 0.2) is 0 Å². The second-order valence-electron chi connectivity index (χ2n) is 8.26. The summed E-state index contributed by atoms with van der Waals surface area (Å²) in [6.07, 6.45) is 3.55. The van der Waals surface area contributed by atoms with Crippen LogP contribution < -0.4 is 10.5 Å². The molecule has 7 nitrogen and oxygen atoms in total. The van der Waals surface area contributed by atoms with Crippen LogP contribution in [0.3, 0.4) is 0 Å². The van der Waals surface area contributed by atoms with E-state index in [-0.39, 0.29) is 11.5 Å². The van der Waals surface area contributed by atoms with Crippen LogP contribution in [0.1, 0.15) is 21.6 Å². The molecule has 0 saturated carbocycles. The van der Waals surface area contributed by atoms with Crippen LogP contribution in [0.4, 0.5) is 5.82 Å². The van der Waals surface area contributed by atoms with Crippen LogP contribution in [0, 0.1) is 6.92 Å². The number of carbonyl (C=O) groups is 1. The Labute approximate surface area is 191 Å². The molecule has 1 amide bonds. The van der Waals surface area contributed by atoms with Crippen LogP contribution >= 0.6 is 0 Å². The van der Waals surface area contributed by atoms with Gasteiger partial charge >= 0.3 is 0 Å². The summed E-state index contributed by atoms with van der Waals surface area (Å²) in [6, 6.07) is 19.2.